The lowest BCUT2D eigenvalue weighted by Crippen LogP contribution is -2.45. The molecule has 2 rings (SSSR count). The van der Waals surface area contributed by atoms with E-state index in [1.54, 1.807) is 12.1 Å². The summed E-state index contributed by atoms with van der Waals surface area (Å²) < 4.78 is 31.7. The van der Waals surface area contributed by atoms with Crippen LogP contribution in [-0.4, -0.2) is 49.6 Å². The molecule has 1 unspecified atom stereocenters. The topological polar surface area (TPSA) is 83.9 Å². The maximum atomic E-state index is 12.4. The second-order valence-electron chi connectivity index (χ2n) is 5.02. The highest BCUT2D eigenvalue weighted by atomic mass is 32.2. The second-order valence-corrected chi connectivity index (χ2v) is 6.99. The van der Waals surface area contributed by atoms with Gasteiger partial charge in [0, 0.05) is 13.1 Å². The molecule has 1 saturated heterocycles. The Balaban J connectivity index is 2.13. The molecular weight excluding hydrogens is 294 g/mol. The van der Waals surface area contributed by atoms with Crippen molar-refractivity contribution in [3.63, 3.8) is 0 Å². The van der Waals surface area contributed by atoms with Crippen LogP contribution >= 0.6 is 0 Å². The second kappa shape index (κ2) is 6.55. The number of sulfonamides is 1. The van der Waals surface area contributed by atoms with Crippen molar-refractivity contribution in [1.82, 2.24) is 4.31 Å². The highest BCUT2D eigenvalue weighted by molar-refractivity contribution is 7.88. The molecule has 1 atom stereocenters. The Hall–Kier alpha value is -1.44. The van der Waals surface area contributed by atoms with E-state index in [2.05, 4.69) is 0 Å². The van der Waals surface area contributed by atoms with Gasteiger partial charge in [0.1, 0.15) is 0 Å². The molecule has 6 nitrogen and oxygen atoms in total. The van der Waals surface area contributed by atoms with Crippen molar-refractivity contribution in [1.29, 1.82) is 0 Å². The fourth-order valence-electron chi connectivity index (χ4n) is 2.29. The molecule has 1 N–H and O–H groups in total. The Labute approximate surface area is 124 Å². The summed E-state index contributed by atoms with van der Waals surface area (Å²) in [5.74, 6) is -1.25. The van der Waals surface area contributed by atoms with Gasteiger partial charge in [0.05, 0.1) is 24.0 Å². The molecule has 1 heterocycles. The number of benzene rings is 1. The van der Waals surface area contributed by atoms with Gasteiger partial charge in [0.25, 0.3) is 0 Å². The predicted octanol–water partition coefficient (Wildman–Crippen LogP) is 1.33. The Kier molecular flexibility index (Phi) is 4.97. The van der Waals surface area contributed by atoms with Gasteiger partial charge in [-0.3, -0.25) is 0 Å². The molecule has 116 valence electrons. The van der Waals surface area contributed by atoms with Crippen molar-refractivity contribution in [3.05, 3.63) is 35.4 Å². The standard InChI is InChI=1S/C14H19NO5S/c1-2-13-9-15(6-7-20-13)21(18,19)10-11-4-3-5-12(8-11)14(16)17/h3-5,8,13H,2,6-7,9-10H2,1H3,(H,16,17). The Morgan fingerprint density at radius 3 is 2.90 bits per heavy atom. The molecule has 21 heavy (non-hydrogen) atoms. The van der Waals surface area contributed by atoms with Gasteiger partial charge in [-0.25, -0.2) is 13.2 Å². The number of carboxylic acid groups (broad SMARTS) is 1. The normalized spacial score (nSPS) is 20.3. The van der Waals surface area contributed by atoms with Crippen LogP contribution in [0, 0.1) is 0 Å². The summed E-state index contributed by atoms with van der Waals surface area (Å²) in [5, 5.41) is 8.95. The smallest absolute Gasteiger partial charge is 0.335 e. The summed E-state index contributed by atoms with van der Waals surface area (Å²) in [5.41, 5.74) is 0.575. The Morgan fingerprint density at radius 1 is 1.48 bits per heavy atom. The molecule has 1 fully saturated rings. The van der Waals surface area contributed by atoms with E-state index >= 15 is 0 Å². The fourth-order valence-corrected chi connectivity index (χ4v) is 3.82. The van der Waals surface area contributed by atoms with E-state index in [1.165, 1.54) is 16.4 Å². The average molecular weight is 313 g/mol. The third-order valence-corrected chi connectivity index (χ3v) is 5.29. The molecule has 7 heteroatoms. The number of hydrogen-bond donors (Lipinski definition) is 1. The number of nitrogens with zero attached hydrogens (tertiary/aromatic N) is 1. The first-order valence-electron chi connectivity index (χ1n) is 6.84. The largest absolute Gasteiger partial charge is 0.478 e. The molecule has 0 aliphatic carbocycles. The van der Waals surface area contributed by atoms with E-state index in [-0.39, 0.29) is 17.4 Å². The number of morpholine rings is 1. The molecule has 1 aromatic carbocycles. The first kappa shape index (κ1) is 15.9. The molecule has 1 aliphatic heterocycles. The number of carboxylic acids is 1. The van der Waals surface area contributed by atoms with E-state index < -0.39 is 16.0 Å². The molecular formula is C14H19NO5S. The summed E-state index contributed by atoms with van der Waals surface area (Å²) in [6, 6.07) is 6.03. The monoisotopic (exact) mass is 313 g/mol. The molecule has 1 aliphatic rings. The summed E-state index contributed by atoms with van der Waals surface area (Å²) in [6.07, 6.45) is 0.694. The Bertz CT molecular complexity index is 614. The number of rotatable bonds is 5. The van der Waals surface area contributed by atoms with Crippen molar-refractivity contribution < 1.29 is 23.1 Å². The lowest BCUT2D eigenvalue weighted by molar-refractivity contribution is -0.00282. The van der Waals surface area contributed by atoms with Gasteiger partial charge in [0.2, 0.25) is 10.0 Å². The van der Waals surface area contributed by atoms with Crippen molar-refractivity contribution in [2.24, 2.45) is 0 Å². The van der Waals surface area contributed by atoms with Gasteiger partial charge in [-0.05, 0) is 24.1 Å². The van der Waals surface area contributed by atoms with Crippen LogP contribution in [0.2, 0.25) is 0 Å². The maximum Gasteiger partial charge on any atom is 0.335 e. The molecule has 0 amide bonds. The first-order valence-corrected chi connectivity index (χ1v) is 8.45. The zero-order valence-electron chi connectivity index (χ0n) is 11.9. The Morgan fingerprint density at radius 2 is 2.24 bits per heavy atom. The maximum absolute atomic E-state index is 12.4. The number of ether oxygens (including phenoxy) is 1. The molecule has 0 spiro atoms. The summed E-state index contributed by atoms with van der Waals surface area (Å²) >= 11 is 0. The lowest BCUT2D eigenvalue weighted by Gasteiger charge is -2.31. The van der Waals surface area contributed by atoms with Crippen molar-refractivity contribution in [3.8, 4) is 0 Å². The van der Waals surface area contributed by atoms with Crippen LogP contribution in [0.4, 0.5) is 0 Å². The van der Waals surface area contributed by atoms with Gasteiger partial charge in [0.15, 0.2) is 0 Å². The van der Waals surface area contributed by atoms with Crippen LogP contribution in [0.25, 0.3) is 0 Å². The van der Waals surface area contributed by atoms with Gasteiger partial charge in [-0.2, -0.15) is 4.31 Å². The van der Waals surface area contributed by atoms with Crippen LogP contribution in [0.1, 0.15) is 29.3 Å². The van der Waals surface area contributed by atoms with E-state index in [0.717, 1.165) is 6.42 Å². The number of aromatic carboxylic acids is 1. The zero-order valence-corrected chi connectivity index (χ0v) is 12.7. The third kappa shape index (κ3) is 4.03. The average Bonchev–Trinajstić information content (AvgIpc) is 2.47. The van der Waals surface area contributed by atoms with Crippen LogP contribution in [0.15, 0.2) is 24.3 Å². The fraction of sp³-hybridized carbons (Fsp3) is 0.500. The van der Waals surface area contributed by atoms with Crippen molar-refractivity contribution in [2.45, 2.75) is 25.2 Å². The van der Waals surface area contributed by atoms with Crippen molar-refractivity contribution in [2.75, 3.05) is 19.7 Å². The lowest BCUT2D eigenvalue weighted by atomic mass is 10.1. The van der Waals surface area contributed by atoms with E-state index in [4.69, 9.17) is 9.84 Å². The number of carbonyl (C=O) groups is 1. The summed E-state index contributed by atoms with van der Waals surface area (Å²) in [7, 11) is -3.46. The van der Waals surface area contributed by atoms with Crippen LogP contribution < -0.4 is 0 Å². The predicted molar refractivity (Wildman–Crippen MR) is 77.6 cm³/mol. The molecule has 0 aromatic heterocycles. The SMILES string of the molecule is CCC1CN(S(=O)(=O)Cc2cccc(C(=O)O)c2)CCO1. The minimum absolute atomic E-state index is 0.0705. The van der Waals surface area contributed by atoms with E-state index in [0.29, 0.717) is 25.3 Å². The summed E-state index contributed by atoms with van der Waals surface area (Å²) in [6.45, 7) is 3.05. The van der Waals surface area contributed by atoms with Crippen LogP contribution in [-0.2, 0) is 20.5 Å². The molecule has 0 radical (unpaired) electrons. The first-order chi connectivity index (χ1) is 9.92. The van der Waals surface area contributed by atoms with E-state index in [1.807, 2.05) is 6.92 Å². The van der Waals surface area contributed by atoms with Gasteiger partial charge < -0.3 is 9.84 Å². The quantitative estimate of drug-likeness (QED) is 0.886. The van der Waals surface area contributed by atoms with E-state index in [9.17, 15) is 13.2 Å². The third-order valence-electron chi connectivity index (χ3n) is 3.47. The van der Waals surface area contributed by atoms with Gasteiger partial charge in [-0.15, -0.1) is 0 Å². The van der Waals surface area contributed by atoms with Gasteiger partial charge in [-0.1, -0.05) is 19.1 Å². The van der Waals surface area contributed by atoms with Crippen molar-refractivity contribution >= 4 is 16.0 Å². The summed E-state index contributed by atoms with van der Waals surface area (Å²) in [4.78, 5) is 10.9. The zero-order chi connectivity index (χ0) is 15.5. The molecule has 0 bridgehead atoms. The minimum Gasteiger partial charge on any atom is -0.478 e. The minimum atomic E-state index is -3.46. The molecule has 0 saturated carbocycles. The number of hydrogen-bond acceptors (Lipinski definition) is 4. The van der Waals surface area contributed by atoms with Crippen LogP contribution in [0.5, 0.6) is 0 Å². The van der Waals surface area contributed by atoms with Crippen LogP contribution in [0.3, 0.4) is 0 Å². The highest BCUT2D eigenvalue weighted by Gasteiger charge is 2.28. The van der Waals surface area contributed by atoms with Gasteiger partial charge >= 0.3 is 5.97 Å². The molecule has 1 aromatic rings. The highest BCUT2D eigenvalue weighted by Crippen LogP contribution is 2.17.